The van der Waals surface area contributed by atoms with E-state index in [-0.39, 0.29) is 0 Å². The first-order valence-electron chi connectivity index (χ1n) is 4.84. The minimum Gasteiger partial charge on any atom is -0.230 e. The van der Waals surface area contributed by atoms with Crippen LogP contribution in [0, 0.1) is 0 Å². The van der Waals surface area contributed by atoms with E-state index < -0.39 is 57.4 Å². The van der Waals surface area contributed by atoms with Crippen LogP contribution < -0.4 is 0 Å². The molecule has 126 valence electrons. The molecule has 0 aromatic carbocycles. The van der Waals surface area contributed by atoms with Crippen LogP contribution in [0.5, 0.6) is 0 Å². The van der Waals surface area contributed by atoms with Crippen molar-refractivity contribution in [2.45, 2.75) is 41.3 Å². The Balaban J connectivity index is 4.02. The molecule has 0 aliphatic heterocycles. The first-order valence-corrected chi connectivity index (χ1v) is 6.73. The molecule has 1 aliphatic rings. The predicted octanol–water partition coefficient (Wildman–Crippen LogP) is 2.98. The fourth-order valence-electron chi connectivity index (χ4n) is 1.85. The highest BCUT2D eigenvalue weighted by Crippen LogP contribution is 2.69. The van der Waals surface area contributed by atoms with E-state index in [4.69, 9.17) is 0 Å². The largest absolute Gasteiger partial charge is 0.367 e. The topological polar surface area (TPSA) is 34.1 Å². The minimum atomic E-state index is -6.96. The summed E-state index contributed by atoms with van der Waals surface area (Å²) >= 11 is 0. The summed E-state index contributed by atoms with van der Waals surface area (Å²) in [6, 6.07) is 0. The third-order valence-electron chi connectivity index (χ3n) is 3.29. The van der Waals surface area contributed by atoms with E-state index in [1.165, 1.54) is 0 Å². The lowest BCUT2D eigenvalue weighted by Gasteiger charge is -2.53. The Hall–Kier alpha value is -0.750. The first kappa shape index (κ1) is 18.3. The summed E-state index contributed by atoms with van der Waals surface area (Å²) in [5.41, 5.74) is -5.91. The van der Waals surface area contributed by atoms with Gasteiger partial charge in [-0.05, 0) is 6.92 Å². The lowest BCUT2D eigenvalue weighted by atomic mass is 9.74. The number of halogens is 10. The SMILES string of the molecule is CC1(F)C(F)(F)C(F)(F)C(F)(S(C)(=O)=O)C(F)(F)C1(F)F. The van der Waals surface area contributed by atoms with Crippen molar-refractivity contribution in [1.82, 2.24) is 0 Å². The number of hydrogen-bond acceptors (Lipinski definition) is 2. The molecule has 1 fully saturated rings. The van der Waals surface area contributed by atoms with E-state index in [0.29, 0.717) is 0 Å². The van der Waals surface area contributed by atoms with Gasteiger partial charge in [-0.3, -0.25) is 0 Å². The maximum atomic E-state index is 13.8. The Bertz CT molecular complexity index is 534. The average molecular weight is 356 g/mol. The van der Waals surface area contributed by atoms with Crippen molar-refractivity contribution in [2.24, 2.45) is 0 Å². The van der Waals surface area contributed by atoms with Crippen LogP contribution >= 0.6 is 0 Å². The van der Waals surface area contributed by atoms with Crippen LogP contribution in [-0.2, 0) is 9.84 Å². The molecule has 21 heavy (non-hydrogen) atoms. The van der Waals surface area contributed by atoms with Crippen molar-refractivity contribution in [1.29, 1.82) is 0 Å². The van der Waals surface area contributed by atoms with Crippen LogP contribution in [0.1, 0.15) is 6.92 Å². The Morgan fingerprint density at radius 3 is 1.05 bits per heavy atom. The van der Waals surface area contributed by atoms with Crippen LogP contribution in [0.3, 0.4) is 0 Å². The normalized spacial score (nSPS) is 40.8. The molecule has 1 rings (SSSR count). The zero-order valence-electron chi connectivity index (χ0n) is 10.0. The minimum absolute atomic E-state index is 0.706. The number of alkyl halides is 10. The van der Waals surface area contributed by atoms with Gasteiger partial charge < -0.3 is 0 Å². The molecule has 0 aromatic heterocycles. The number of sulfone groups is 1. The van der Waals surface area contributed by atoms with Crippen LogP contribution in [0.4, 0.5) is 43.9 Å². The molecule has 0 atom stereocenters. The number of rotatable bonds is 1. The van der Waals surface area contributed by atoms with Gasteiger partial charge in [0.1, 0.15) is 0 Å². The van der Waals surface area contributed by atoms with Crippen LogP contribution in [0.2, 0.25) is 0 Å². The van der Waals surface area contributed by atoms with Gasteiger partial charge in [0.2, 0.25) is 5.67 Å². The Morgan fingerprint density at radius 1 is 0.619 bits per heavy atom. The molecular weight excluding hydrogens is 350 g/mol. The number of hydrogen-bond donors (Lipinski definition) is 0. The summed E-state index contributed by atoms with van der Waals surface area (Å²) in [6.07, 6.45) is -0.706. The summed E-state index contributed by atoms with van der Waals surface area (Å²) in [6.45, 7) is -0.989. The summed E-state index contributed by atoms with van der Waals surface area (Å²) in [7, 11) is -6.53. The monoisotopic (exact) mass is 356 g/mol. The standard InChI is InChI=1S/C8H6F10O2S/c1-3(9)4(10,11)6(14,15)8(18,21(2,19)20)7(16,17)5(3,12)13/h1-2H3. The zero-order valence-corrected chi connectivity index (χ0v) is 10.8. The van der Waals surface area contributed by atoms with E-state index in [2.05, 4.69) is 0 Å². The van der Waals surface area contributed by atoms with Gasteiger partial charge in [0.15, 0.2) is 9.84 Å². The fourth-order valence-corrected chi connectivity index (χ4v) is 3.04. The van der Waals surface area contributed by atoms with Gasteiger partial charge in [-0.2, -0.15) is 35.1 Å². The summed E-state index contributed by atoms with van der Waals surface area (Å²) in [4.78, 5) is 0. The first-order chi connectivity index (χ1) is 8.75. The Morgan fingerprint density at radius 2 is 0.857 bits per heavy atom. The molecule has 13 heteroatoms. The summed E-state index contributed by atoms with van der Waals surface area (Å²) < 4.78 is 155. The molecule has 1 aliphatic carbocycles. The lowest BCUT2D eigenvalue weighted by Crippen LogP contribution is -2.85. The highest BCUT2D eigenvalue weighted by atomic mass is 32.2. The molecule has 0 spiro atoms. The van der Waals surface area contributed by atoms with E-state index in [1.54, 1.807) is 0 Å². The lowest BCUT2D eigenvalue weighted by molar-refractivity contribution is -0.439. The van der Waals surface area contributed by atoms with Crippen molar-refractivity contribution in [3.63, 3.8) is 0 Å². The van der Waals surface area contributed by atoms with Crippen LogP contribution in [-0.4, -0.2) is 49.0 Å². The van der Waals surface area contributed by atoms with Crippen LogP contribution in [0.25, 0.3) is 0 Å². The summed E-state index contributed by atoms with van der Waals surface area (Å²) in [5, 5.41) is -6.70. The van der Waals surface area contributed by atoms with Gasteiger partial charge in [-0.15, -0.1) is 0 Å². The van der Waals surface area contributed by atoms with Crippen molar-refractivity contribution < 1.29 is 52.3 Å². The molecule has 0 saturated heterocycles. The van der Waals surface area contributed by atoms with Crippen molar-refractivity contribution in [3.8, 4) is 0 Å². The second-order valence-corrected chi connectivity index (χ2v) is 6.77. The fraction of sp³-hybridized carbons (Fsp3) is 1.00. The average Bonchev–Trinajstić information content (AvgIpc) is 2.23. The van der Waals surface area contributed by atoms with Gasteiger partial charge in [-0.1, -0.05) is 0 Å². The molecule has 0 amide bonds. The van der Waals surface area contributed by atoms with Gasteiger partial charge in [-0.25, -0.2) is 17.2 Å². The molecule has 0 N–H and O–H groups in total. The maximum Gasteiger partial charge on any atom is 0.367 e. The second kappa shape index (κ2) is 3.77. The van der Waals surface area contributed by atoms with Gasteiger partial charge in [0.05, 0.1) is 0 Å². The Labute approximate surface area is 111 Å². The third-order valence-corrected chi connectivity index (χ3v) is 4.82. The molecule has 0 heterocycles. The predicted molar refractivity (Wildman–Crippen MR) is 48.0 cm³/mol. The molecule has 0 radical (unpaired) electrons. The van der Waals surface area contributed by atoms with Gasteiger partial charge in [0.25, 0.3) is 0 Å². The molecule has 0 unspecified atom stereocenters. The van der Waals surface area contributed by atoms with E-state index in [1.807, 2.05) is 0 Å². The molecule has 2 nitrogen and oxygen atoms in total. The molecular formula is C8H6F10O2S. The van der Waals surface area contributed by atoms with Gasteiger partial charge >= 0.3 is 28.7 Å². The second-order valence-electron chi connectivity index (χ2n) is 4.67. The van der Waals surface area contributed by atoms with Crippen molar-refractivity contribution >= 4 is 9.84 Å². The van der Waals surface area contributed by atoms with Gasteiger partial charge in [0, 0.05) is 6.26 Å². The zero-order chi connectivity index (χ0) is 17.5. The molecule has 1 saturated carbocycles. The summed E-state index contributed by atoms with van der Waals surface area (Å²) in [5.74, 6) is -27.4. The quantitative estimate of drug-likeness (QED) is 0.677. The van der Waals surface area contributed by atoms with E-state index >= 15 is 0 Å². The van der Waals surface area contributed by atoms with Crippen molar-refractivity contribution in [3.05, 3.63) is 0 Å². The molecule has 0 bridgehead atoms. The van der Waals surface area contributed by atoms with E-state index in [0.717, 1.165) is 0 Å². The highest BCUT2D eigenvalue weighted by molar-refractivity contribution is 7.92. The molecule has 0 aromatic rings. The highest BCUT2D eigenvalue weighted by Gasteiger charge is 3.01. The smallest absolute Gasteiger partial charge is 0.230 e. The Kier molecular flexibility index (Phi) is 3.28. The maximum absolute atomic E-state index is 13.8. The van der Waals surface area contributed by atoms with Crippen LogP contribution in [0.15, 0.2) is 0 Å². The van der Waals surface area contributed by atoms with E-state index in [9.17, 15) is 52.3 Å². The van der Waals surface area contributed by atoms with Crippen molar-refractivity contribution in [2.75, 3.05) is 6.26 Å². The third kappa shape index (κ3) is 1.48.